The molecule has 0 radical (unpaired) electrons. The number of aryl methyl sites for hydroxylation is 2. The average molecular weight is 1640 g/mol. The molecule has 127 heavy (non-hydrogen) atoms. The third-order valence-electron chi connectivity index (χ3n) is 25.9. The number of fused-ring (bicyclic) bond motifs is 27. The zero-order valence-corrected chi connectivity index (χ0v) is 73.2. The smallest absolute Gasteiger partial charge is 0.143 e. The van der Waals surface area contributed by atoms with Crippen molar-refractivity contribution < 1.29 is 13.3 Å². The summed E-state index contributed by atoms with van der Waals surface area (Å²) in [5, 5.41) is 21.0. The number of para-hydroxylation sites is 6. The molecule has 0 aliphatic heterocycles. The number of nitrogens with zero attached hydrogens (tertiary/aromatic N) is 6. The molecule has 0 bridgehead atoms. The highest BCUT2D eigenvalue weighted by Crippen LogP contribution is 2.46. The minimum Gasteiger partial charge on any atom is -0.455 e. The first-order chi connectivity index (χ1) is 61.7. The second kappa shape index (κ2) is 30.4. The minimum absolute atomic E-state index is 0.0165. The van der Waals surface area contributed by atoms with Gasteiger partial charge in [0.1, 0.15) is 33.5 Å². The molecule has 18 aromatic carbocycles. The van der Waals surface area contributed by atoms with Crippen molar-refractivity contribution in [2.45, 2.75) is 106 Å². The van der Waals surface area contributed by atoms with Gasteiger partial charge in [-0.2, -0.15) is 0 Å². The lowest BCUT2D eigenvalue weighted by atomic mass is 9.83. The van der Waals surface area contributed by atoms with Gasteiger partial charge in [0.05, 0.1) is 68.8 Å². The molecule has 612 valence electrons. The fourth-order valence-electron chi connectivity index (χ4n) is 19.0. The molecule has 6 aromatic heterocycles. The first kappa shape index (κ1) is 78.0. The van der Waals surface area contributed by atoms with Gasteiger partial charge in [0, 0.05) is 98.0 Å². The second-order valence-corrected chi connectivity index (χ2v) is 37.0. The maximum atomic E-state index is 6.37. The lowest BCUT2D eigenvalue weighted by Gasteiger charge is -2.22. The van der Waals surface area contributed by atoms with Gasteiger partial charge in [-0.05, 0) is 181 Å². The predicted octanol–water partition coefficient (Wildman–Crippen LogP) is 33.0. The van der Waals surface area contributed by atoms with Gasteiger partial charge in [-0.15, -0.1) is 0 Å². The summed E-state index contributed by atoms with van der Waals surface area (Å²) in [6.07, 6.45) is 5.78. The van der Waals surface area contributed by atoms with E-state index in [1.54, 1.807) is 0 Å². The van der Waals surface area contributed by atoms with Crippen LogP contribution in [0.5, 0.6) is 0 Å². The van der Waals surface area contributed by atoms with Crippen LogP contribution in [0, 0.1) is 13.8 Å². The van der Waals surface area contributed by atoms with E-state index in [1.165, 1.54) is 65.7 Å². The molecule has 0 N–H and O–H groups in total. The number of hydrogen-bond acceptors (Lipinski definition) is 9. The molecule has 0 aliphatic rings. The first-order valence-electron chi connectivity index (χ1n) is 44.1. The summed E-state index contributed by atoms with van der Waals surface area (Å²) < 4.78 is 19.1. The molecule has 24 aromatic rings. The van der Waals surface area contributed by atoms with Gasteiger partial charge in [0.15, 0.2) is 0 Å². The molecule has 24 rings (SSSR count). The number of hydrogen-bond donors (Lipinski definition) is 0. The van der Waals surface area contributed by atoms with Crippen LogP contribution in [0.3, 0.4) is 0 Å². The van der Waals surface area contributed by atoms with Crippen molar-refractivity contribution in [3.63, 3.8) is 0 Å². The summed E-state index contributed by atoms with van der Waals surface area (Å²) in [6.45, 7) is 26.8. The van der Waals surface area contributed by atoms with E-state index in [9.17, 15) is 0 Å². The van der Waals surface area contributed by atoms with E-state index in [1.807, 2.05) is 55.0 Å². The molecule has 0 fully saturated rings. The zero-order valence-electron chi connectivity index (χ0n) is 73.2. The van der Waals surface area contributed by atoms with E-state index in [4.69, 9.17) is 43.2 Å². The normalized spacial score (nSPS) is 12.2. The molecule has 6 heterocycles. The van der Waals surface area contributed by atoms with Crippen molar-refractivity contribution in [3.8, 4) is 67.2 Å². The standard InChI is InChI=1S/C42H36N2O.C40H32N2O.C36H24N2O/c1-41(2,3)27-17-19-30-31-20-18-28(42(4,5)6)23-35(31)39-38(34(30)22-27)43-24-36(44-39)26-12-9-11-25(21-26)29-14-10-15-33-32-13-7-8-16-37(32)45-40(29)33;1-23(2)25-15-17-30-31-18-16-26(24(3)4)21-35(31)39-38(34(30)20-25)41-22-36(42-39)28-10-7-9-27(19-28)29-12-8-13-33-32-11-5-6-14-37(32)43-40(29)33;1-21-13-15-26-27-16-14-22(2)18-31(27)35-34(30(26)17-21)37-20-32(38-35)24-8-5-7-23(19-24)25-10-6-11-29-28-9-3-4-12-33(28)39-36(25)29/h7-24H,1-6H3;5-24H,1-4H3;3-20H,1-2H3. The number of aromatic nitrogens is 6. The van der Waals surface area contributed by atoms with Gasteiger partial charge >= 0.3 is 0 Å². The van der Waals surface area contributed by atoms with Gasteiger partial charge in [-0.3, -0.25) is 15.0 Å². The Morgan fingerprint density at radius 2 is 0.504 bits per heavy atom. The van der Waals surface area contributed by atoms with Crippen molar-refractivity contribution in [1.82, 2.24) is 29.9 Å². The quantitative estimate of drug-likeness (QED) is 0.137. The molecule has 0 unspecified atom stereocenters. The number of rotatable bonds is 8. The summed E-state index contributed by atoms with van der Waals surface area (Å²) in [7, 11) is 0. The van der Waals surface area contributed by atoms with E-state index in [0.29, 0.717) is 11.8 Å². The Morgan fingerprint density at radius 1 is 0.228 bits per heavy atom. The Balaban J connectivity index is 0.000000113. The molecule has 0 saturated carbocycles. The molecule has 0 atom stereocenters. The van der Waals surface area contributed by atoms with Crippen LogP contribution in [0.4, 0.5) is 0 Å². The molecular weight excluding hydrogens is 1550 g/mol. The SMILES string of the molecule is CC(C)(C)c1ccc2c3ccc(C(C)(C)C)cc3c3nc(-c4cccc(-c5cccc6c5oc5ccccc56)c4)cnc3c2c1.CC(C)c1ccc2c3ccc(C(C)C)cc3c3nc(-c4cccc(-c5cccc6c5oc5ccccc56)c4)cnc3c2c1.Cc1ccc2c3ccc(C)cc3c3nc(-c4cccc(-c5cccc6c5oc5ccccc56)c4)cnc3c2c1. The Hall–Kier alpha value is -15.1. The third kappa shape index (κ3) is 13.6. The van der Waals surface area contributed by atoms with Crippen LogP contribution in [0.2, 0.25) is 0 Å². The Labute approximate surface area is 736 Å². The Kier molecular flexibility index (Phi) is 18.7. The summed E-state index contributed by atoms with van der Waals surface area (Å²) in [6, 6.07) is 110. The van der Waals surface area contributed by atoms with Crippen LogP contribution < -0.4 is 0 Å². The molecule has 0 aliphatic carbocycles. The van der Waals surface area contributed by atoms with Crippen molar-refractivity contribution >= 4 is 164 Å². The summed E-state index contributed by atoms with van der Waals surface area (Å²) in [5.74, 6) is 0.858. The zero-order chi connectivity index (χ0) is 86.4. The maximum Gasteiger partial charge on any atom is 0.143 e. The van der Waals surface area contributed by atoms with E-state index >= 15 is 0 Å². The molecule has 0 spiro atoms. The summed E-state index contributed by atoms with van der Waals surface area (Å²) in [5.41, 5.74) is 30.9. The van der Waals surface area contributed by atoms with Crippen LogP contribution in [-0.4, -0.2) is 29.9 Å². The van der Waals surface area contributed by atoms with Crippen LogP contribution in [0.1, 0.15) is 114 Å². The molecule has 0 amide bonds. The summed E-state index contributed by atoms with van der Waals surface area (Å²) >= 11 is 0. The Bertz CT molecular complexity index is 8670. The van der Waals surface area contributed by atoms with Crippen molar-refractivity contribution in [2.75, 3.05) is 0 Å². The molecule has 9 heteroatoms. The maximum absolute atomic E-state index is 6.37. The Morgan fingerprint density at radius 3 is 0.850 bits per heavy atom. The van der Waals surface area contributed by atoms with E-state index in [-0.39, 0.29) is 10.8 Å². The monoisotopic (exact) mass is 1640 g/mol. The highest BCUT2D eigenvalue weighted by atomic mass is 16.3. The second-order valence-electron chi connectivity index (χ2n) is 37.0. The van der Waals surface area contributed by atoms with E-state index in [0.717, 1.165) is 198 Å². The highest BCUT2D eigenvalue weighted by Gasteiger charge is 2.25. The van der Waals surface area contributed by atoms with Gasteiger partial charge in [-0.1, -0.05) is 317 Å². The lowest BCUT2D eigenvalue weighted by Crippen LogP contribution is -2.11. The number of benzene rings is 18. The average Bonchev–Trinajstić information content (AvgIpc) is 0.833. The van der Waals surface area contributed by atoms with Crippen LogP contribution in [-0.2, 0) is 10.8 Å². The van der Waals surface area contributed by atoms with E-state index in [2.05, 4.69) is 356 Å². The lowest BCUT2D eigenvalue weighted by molar-refractivity contribution is 0.591. The largest absolute Gasteiger partial charge is 0.455 e. The fourth-order valence-corrected chi connectivity index (χ4v) is 19.0. The third-order valence-corrected chi connectivity index (χ3v) is 25.9. The topological polar surface area (TPSA) is 117 Å². The van der Waals surface area contributed by atoms with Gasteiger partial charge in [-0.25, -0.2) is 15.0 Å². The van der Waals surface area contributed by atoms with Crippen LogP contribution >= 0.6 is 0 Å². The van der Waals surface area contributed by atoms with Crippen molar-refractivity contribution in [1.29, 1.82) is 0 Å². The van der Waals surface area contributed by atoms with Crippen molar-refractivity contribution in [3.05, 3.63) is 361 Å². The molecule has 9 nitrogen and oxygen atoms in total. The van der Waals surface area contributed by atoms with Crippen LogP contribution in [0.15, 0.2) is 341 Å². The molecule has 0 saturated heterocycles. The first-order valence-corrected chi connectivity index (χ1v) is 44.1. The number of furan rings is 3. The van der Waals surface area contributed by atoms with Gasteiger partial charge < -0.3 is 13.3 Å². The minimum atomic E-state index is 0.0165. The highest BCUT2D eigenvalue weighted by molar-refractivity contribution is 6.26. The van der Waals surface area contributed by atoms with E-state index < -0.39 is 0 Å². The predicted molar refractivity (Wildman–Crippen MR) is 533 cm³/mol. The fraction of sp³-hybridized carbons (Fsp3) is 0.136. The van der Waals surface area contributed by atoms with Crippen molar-refractivity contribution in [2.24, 2.45) is 0 Å². The van der Waals surface area contributed by atoms with Gasteiger partial charge in [0.25, 0.3) is 0 Å². The van der Waals surface area contributed by atoms with Crippen LogP contribution in [0.25, 0.3) is 231 Å². The summed E-state index contributed by atoms with van der Waals surface area (Å²) in [4.78, 5) is 31.2. The van der Waals surface area contributed by atoms with Gasteiger partial charge in [0.2, 0.25) is 0 Å². The molecular formula is C118H92N6O3.